The molecule has 16 heavy (non-hydrogen) atoms. The molecule has 1 aliphatic heterocycles. The van der Waals surface area contributed by atoms with E-state index in [4.69, 9.17) is 4.74 Å². The van der Waals surface area contributed by atoms with Crippen molar-refractivity contribution in [1.29, 1.82) is 0 Å². The first-order valence-corrected chi connectivity index (χ1v) is 5.88. The van der Waals surface area contributed by atoms with Crippen LogP contribution >= 0.6 is 0 Å². The van der Waals surface area contributed by atoms with E-state index in [-0.39, 0.29) is 12.1 Å². The fraction of sp³-hybridized carbons (Fsp3) is 0.909. The topological polar surface area (TPSA) is 70.6 Å². The zero-order chi connectivity index (χ0) is 12.0. The van der Waals surface area contributed by atoms with Crippen molar-refractivity contribution in [2.45, 2.75) is 38.8 Å². The van der Waals surface area contributed by atoms with Crippen LogP contribution in [0.15, 0.2) is 0 Å². The van der Waals surface area contributed by atoms with Crippen molar-refractivity contribution in [2.75, 3.05) is 19.8 Å². The van der Waals surface area contributed by atoms with Crippen LogP contribution in [0.1, 0.15) is 26.7 Å². The first-order valence-electron chi connectivity index (χ1n) is 5.88. The summed E-state index contributed by atoms with van der Waals surface area (Å²) in [6.07, 6.45) is 1.10. The number of ether oxygens (including phenoxy) is 1. The normalized spacial score (nSPS) is 22.1. The minimum atomic E-state index is -0.467. The molecule has 0 bridgehead atoms. The van der Waals surface area contributed by atoms with Crippen LogP contribution in [0.3, 0.4) is 0 Å². The van der Waals surface area contributed by atoms with Crippen LogP contribution in [-0.4, -0.2) is 43.0 Å². The van der Waals surface area contributed by atoms with Crippen LogP contribution < -0.4 is 10.6 Å². The van der Waals surface area contributed by atoms with Crippen LogP contribution in [0.25, 0.3) is 0 Å². The number of carbonyl (C=O) groups excluding carboxylic acids is 1. The Morgan fingerprint density at radius 1 is 1.56 bits per heavy atom. The minimum Gasteiger partial charge on any atom is -0.391 e. The van der Waals surface area contributed by atoms with Gasteiger partial charge in [0.1, 0.15) is 0 Å². The average molecular weight is 230 g/mol. The molecule has 1 heterocycles. The monoisotopic (exact) mass is 230 g/mol. The molecule has 2 unspecified atom stereocenters. The lowest BCUT2D eigenvalue weighted by molar-refractivity contribution is 0.146. The molecule has 0 radical (unpaired) electrons. The average Bonchev–Trinajstić information content (AvgIpc) is 2.66. The van der Waals surface area contributed by atoms with Gasteiger partial charge in [0.25, 0.3) is 0 Å². The fourth-order valence-electron chi connectivity index (χ4n) is 1.72. The van der Waals surface area contributed by atoms with Crippen molar-refractivity contribution < 1.29 is 14.6 Å². The lowest BCUT2D eigenvalue weighted by atomic mass is 10.1. The lowest BCUT2D eigenvalue weighted by Crippen LogP contribution is -2.44. The summed E-state index contributed by atoms with van der Waals surface area (Å²) in [5.41, 5.74) is 0. The highest BCUT2D eigenvalue weighted by atomic mass is 16.5. The lowest BCUT2D eigenvalue weighted by Gasteiger charge is -2.16. The maximum Gasteiger partial charge on any atom is 0.315 e. The summed E-state index contributed by atoms with van der Waals surface area (Å²) in [4.78, 5) is 11.4. The van der Waals surface area contributed by atoms with Crippen LogP contribution in [-0.2, 0) is 4.74 Å². The number of aliphatic hydroxyl groups is 1. The maximum absolute atomic E-state index is 11.4. The van der Waals surface area contributed by atoms with Gasteiger partial charge in [-0.05, 0) is 18.8 Å². The van der Waals surface area contributed by atoms with E-state index in [9.17, 15) is 9.90 Å². The molecule has 1 saturated heterocycles. The van der Waals surface area contributed by atoms with Crippen molar-refractivity contribution >= 4 is 6.03 Å². The largest absolute Gasteiger partial charge is 0.391 e. The number of hydrogen-bond donors (Lipinski definition) is 3. The molecule has 0 aliphatic carbocycles. The molecular formula is C11H22N2O3. The van der Waals surface area contributed by atoms with E-state index in [1.807, 2.05) is 13.8 Å². The zero-order valence-electron chi connectivity index (χ0n) is 10.0. The van der Waals surface area contributed by atoms with Gasteiger partial charge in [-0.2, -0.15) is 0 Å². The molecule has 1 aliphatic rings. The fourth-order valence-corrected chi connectivity index (χ4v) is 1.72. The van der Waals surface area contributed by atoms with Gasteiger partial charge >= 0.3 is 6.03 Å². The highest BCUT2D eigenvalue weighted by Crippen LogP contribution is 2.04. The molecule has 5 heteroatoms. The first kappa shape index (κ1) is 13.3. The summed E-state index contributed by atoms with van der Waals surface area (Å²) < 4.78 is 5.14. The smallest absolute Gasteiger partial charge is 0.315 e. The van der Waals surface area contributed by atoms with Gasteiger partial charge < -0.3 is 20.5 Å². The third kappa shape index (κ3) is 5.32. The van der Waals surface area contributed by atoms with Gasteiger partial charge in [-0.1, -0.05) is 13.8 Å². The molecular weight excluding hydrogens is 208 g/mol. The minimum absolute atomic E-state index is 0.113. The van der Waals surface area contributed by atoms with E-state index in [1.54, 1.807) is 0 Å². The highest BCUT2D eigenvalue weighted by Gasteiger charge is 2.17. The molecule has 0 spiro atoms. The Morgan fingerprint density at radius 2 is 2.31 bits per heavy atom. The number of nitrogens with one attached hydrogen (secondary N) is 2. The second-order valence-electron chi connectivity index (χ2n) is 4.70. The Labute approximate surface area is 96.6 Å². The Morgan fingerprint density at radius 3 is 2.88 bits per heavy atom. The maximum atomic E-state index is 11.4. The quantitative estimate of drug-likeness (QED) is 0.643. The Kier molecular flexibility index (Phi) is 5.55. The van der Waals surface area contributed by atoms with Gasteiger partial charge in [0.05, 0.1) is 18.8 Å². The number of urea groups is 1. The Hall–Kier alpha value is -0.810. The molecule has 5 nitrogen and oxygen atoms in total. The third-order valence-electron chi connectivity index (χ3n) is 2.51. The molecule has 0 aromatic heterocycles. The summed E-state index contributed by atoms with van der Waals surface area (Å²) in [5, 5.41) is 15.0. The van der Waals surface area contributed by atoms with Crippen molar-refractivity contribution in [3.8, 4) is 0 Å². The molecule has 3 N–H and O–H groups in total. The number of hydrogen-bond acceptors (Lipinski definition) is 3. The second-order valence-corrected chi connectivity index (χ2v) is 4.70. The molecule has 2 atom stereocenters. The van der Waals surface area contributed by atoms with E-state index >= 15 is 0 Å². The second kappa shape index (κ2) is 6.70. The van der Waals surface area contributed by atoms with Crippen molar-refractivity contribution in [3.05, 3.63) is 0 Å². The van der Waals surface area contributed by atoms with Crippen LogP contribution in [0, 0.1) is 5.92 Å². The van der Waals surface area contributed by atoms with Gasteiger partial charge in [0.15, 0.2) is 0 Å². The standard InChI is InChI=1S/C11H22N2O3/c1-8(2)5-10(14)6-12-11(15)13-9-3-4-16-7-9/h8-10,14H,3-7H2,1-2H3,(H2,12,13,15). The van der Waals surface area contributed by atoms with E-state index in [0.29, 0.717) is 32.1 Å². The summed E-state index contributed by atoms with van der Waals surface area (Å²) in [5.74, 6) is 0.433. The molecule has 2 amide bonds. The van der Waals surface area contributed by atoms with E-state index in [2.05, 4.69) is 10.6 Å². The molecule has 0 aromatic rings. The highest BCUT2D eigenvalue weighted by molar-refractivity contribution is 5.74. The first-order chi connectivity index (χ1) is 7.58. The van der Waals surface area contributed by atoms with Gasteiger partial charge in [0, 0.05) is 13.2 Å². The number of amides is 2. The summed E-state index contributed by atoms with van der Waals surface area (Å²) >= 11 is 0. The van der Waals surface area contributed by atoms with E-state index in [0.717, 1.165) is 6.42 Å². The zero-order valence-corrected chi connectivity index (χ0v) is 10.0. The van der Waals surface area contributed by atoms with Crippen molar-refractivity contribution in [3.63, 3.8) is 0 Å². The molecule has 0 saturated carbocycles. The predicted octanol–water partition coefficient (Wildman–Crippen LogP) is 0.481. The van der Waals surface area contributed by atoms with E-state index in [1.165, 1.54) is 0 Å². The van der Waals surface area contributed by atoms with Crippen molar-refractivity contribution in [2.24, 2.45) is 5.92 Å². The molecule has 94 valence electrons. The van der Waals surface area contributed by atoms with Crippen molar-refractivity contribution in [1.82, 2.24) is 10.6 Å². The molecule has 1 fully saturated rings. The van der Waals surface area contributed by atoms with Gasteiger partial charge in [-0.3, -0.25) is 0 Å². The number of aliphatic hydroxyl groups excluding tert-OH is 1. The van der Waals surface area contributed by atoms with Crippen LogP contribution in [0.2, 0.25) is 0 Å². The van der Waals surface area contributed by atoms with Gasteiger partial charge in [-0.15, -0.1) is 0 Å². The molecule has 0 aromatic carbocycles. The van der Waals surface area contributed by atoms with Crippen LogP contribution in [0.4, 0.5) is 4.79 Å². The Balaban J connectivity index is 2.09. The SMILES string of the molecule is CC(C)CC(O)CNC(=O)NC1CCOC1. The molecule has 1 rings (SSSR count). The number of carbonyl (C=O) groups is 1. The van der Waals surface area contributed by atoms with Gasteiger partial charge in [-0.25, -0.2) is 4.79 Å². The summed E-state index contributed by atoms with van der Waals surface area (Å²) in [7, 11) is 0. The summed E-state index contributed by atoms with van der Waals surface area (Å²) in [6, 6.07) is -0.111. The van der Waals surface area contributed by atoms with Crippen LogP contribution in [0.5, 0.6) is 0 Å². The third-order valence-corrected chi connectivity index (χ3v) is 2.51. The summed E-state index contributed by atoms with van der Waals surface area (Å²) in [6.45, 7) is 5.68. The van der Waals surface area contributed by atoms with Gasteiger partial charge in [0.2, 0.25) is 0 Å². The Bertz CT molecular complexity index is 215. The predicted molar refractivity (Wildman–Crippen MR) is 61.2 cm³/mol. The van der Waals surface area contributed by atoms with E-state index < -0.39 is 6.10 Å². The number of rotatable bonds is 5.